The van der Waals surface area contributed by atoms with Crippen molar-refractivity contribution in [1.82, 2.24) is 9.55 Å². The number of anilines is 2. The number of halogens is 2. The normalized spacial score (nSPS) is 19.5. The van der Waals surface area contributed by atoms with E-state index in [1.807, 2.05) is 7.05 Å². The Morgan fingerprint density at radius 1 is 1.11 bits per heavy atom. The average Bonchev–Trinajstić information content (AvgIpc) is 3.74. The maximum Gasteiger partial charge on any atom is 0.252 e. The molecule has 194 valence electrons. The summed E-state index contributed by atoms with van der Waals surface area (Å²) in [4.78, 5) is 21.5. The smallest absolute Gasteiger partial charge is 0.252 e. The lowest BCUT2D eigenvalue weighted by atomic mass is 9.88. The van der Waals surface area contributed by atoms with Crippen molar-refractivity contribution in [2.24, 2.45) is 13.0 Å². The molecule has 37 heavy (non-hydrogen) atoms. The summed E-state index contributed by atoms with van der Waals surface area (Å²) in [5, 5.41) is 9.35. The number of rotatable bonds is 7. The van der Waals surface area contributed by atoms with Crippen LogP contribution in [-0.2, 0) is 7.05 Å². The Bertz CT molecular complexity index is 1420. The molecular weight excluding hydrogens is 476 g/mol. The van der Waals surface area contributed by atoms with Gasteiger partial charge in [-0.3, -0.25) is 4.79 Å². The highest BCUT2D eigenvalue weighted by Crippen LogP contribution is 2.38. The number of hydrogen-bond donors (Lipinski definition) is 0. The van der Waals surface area contributed by atoms with E-state index in [0.29, 0.717) is 28.3 Å². The molecule has 0 spiro atoms. The molecule has 2 aliphatic rings. The van der Waals surface area contributed by atoms with E-state index in [1.54, 1.807) is 35.9 Å². The predicted octanol–water partition coefficient (Wildman–Crippen LogP) is 4.76. The fourth-order valence-electron chi connectivity index (χ4n) is 5.51. The van der Waals surface area contributed by atoms with Crippen LogP contribution in [0, 0.1) is 28.9 Å². The number of fused-ring (bicyclic) bond motifs is 1. The summed E-state index contributed by atoms with van der Waals surface area (Å²) in [6.45, 7) is 0.819. The molecule has 2 fully saturated rings. The first-order valence-corrected chi connectivity index (χ1v) is 12.7. The zero-order valence-corrected chi connectivity index (χ0v) is 21.4. The Hall–Kier alpha value is -3.67. The summed E-state index contributed by atoms with van der Waals surface area (Å²) >= 11 is 0. The summed E-state index contributed by atoms with van der Waals surface area (Å²) in [6, 6.07) is 10.3. The Morgan fingerprint density at radius 3 is 2.46 bits per heavy atom. The number of ether oxygens (including phenoxy) is 1. The van der Waals surface area contributed by atoms with Crippen molar-refractivity contribution in [3.8, 4) is 11.8 Å². The second kappa shape index (κ2) is 10.0. The minimum Gasteiger partial charge on any atom is -0.493 e. The van der Waals surface area contributed by atoms with Crippen molar-refractivity contribution in [1.29, 1.82) is 5.26 Å². The number of aromatic nitrogens is 2. The number of pyridine rings is 2. The summed E-state index contributed by atoms with van der Waals surface area (Å²) < 4.78 is 35.1. The van der Waals surface area contributed by atoms with Gasteiger partial charge >= 0.3 is 0 Å². The van der Waals surface area contributed by atoms with Crippen molar-refractivity contribution in [3.05, 3.63) is 58.0 Å². The fourth-order valence-corrected chi connectivity index (χ4v) is 5.51. The molecule has 0 unspecified atom stereocenters. The highest BCUT2D eigenvalue weighted by atomic mass is 19.2. The SMILES string of the molecule is COc1cc(N(CC2CC2)[C@H]2CC[C@H](N(C)c3cc(=O)n(C)c4ccc(C#N)nc34)CC2)cc(F)c1F. The Labute approximate surface area is 214 Å². The van der Waals surface area contributed by atoms with Gasteiger partial charge in [0.15, 0.2) is 11.6 Å². The van der Waals surface area contributed by atoms with E-state index in [-0.39, 0.29) is 23.4 Å². The number of nitriles is 1. The molecule has 0 amide bonds. The maximum absolute atomic E-state index is 14.4. The minimum atomic E-state index is -0.961. The van der Waals surface area contributed by atoms with Gasteiger partial charge in [-0.2, -0.15) is 9.65 Å². The molecule has 2 aliphatic carbocycles. The number of benzene rings is 1. The first kappa shape index (κ1) is 25.0. The van der Waals surface area contributed by atoms with Gasteiger partial charge in [-0.1, -0.05) is 0 Å². The summed E-state index contributed by atoms with van der Waals surface area (Å²) in [5.41, 5.74) is 2.88. The highest BCUT2D eigenvalue weighted by Gasteiger charge is 2.33. The molecule has 0 saturated heterocycles. The van der Waals surface area contributed by atoms with Gasteiger partial charge in [0, 0.05) is 56.6 Å². The highest BCUT2D eigenvalue weighted by molar-refractivity contribution is 5.88. The monoisotopic (exact) mass is 507 g/mol. The molecule has 0 atom stereocenters. The molecule has 2 aromatic heterocycles. The van der Waals surface area contributed by atoms with Crippen LogP contribution in [0.2, 0.25) is 0 Å². The first-order valence-electron chi connectivity index (χ1n) is 12.7. The zero-order chi connectivity index (χ0) is 26.3. The van der Waals surface area contributed by atoms with Crippen LogP contribution in [0.5, 0.6) is 5.75 Å². The van der Waals surface area contributed by atoms with Crippen LogP contribution in [0.4, 0.5) is 20.2 Å². The van der Waals surface area contributed by atoms with E-state index in [1.165, 1.54) is 13.2 Å². The lowest BCUT2D eigenvalue weighted by Gasteiger charge is -2.41. The Balaban J connectivity index is 1.39. The van der Waals surface area contributed by atoms with Crippen molar-refractivity contribution in [2.45, 2.75) is 50.6 Å². The van der Waals surface area contributed by atoms with E-state index < -0.39 is 11.6 Å². The van der Waals surface area contributed by atoms with Gasteiger partial charge in [0.2, 0.25) is 5.82 Å². The molecule has 2 saturated carbocycles. The molecule has 1 aromatic carbocycles. The third kappa shape index (κ3) is 4.85. The fraction of sp³-hybridized carbons (Fsp3) is 0.464. The number of hydrogen-bond acceptors (Lipinski definition) is 6. The molecule has 0 radical (unpaired) electrons. The average molecular weight is 508 g/mol. The third-order valence-corrected chi connectivity index (χ3v) is 7.90. The van der Waals surface area contributed by atoms with Crippen LogP contribution in [0.3, 0.4) is 0 Å². The number of nitrogens with zero attached hydrogens (tertiary/aromatic N) is 5. The molecule has 7 nitrogen and oxygen atoms in total. The van der Waals surface area contributed by atoms with Gasteiger partial charge in [-0.15, -0.1) is 0 Å². The molecule has 0 aliphatic heterocycles. The topological polar surface area (TPSA) is 74.4 Å². The second-order valence-electron chi connectivity index (χ2n) is 10.2. The van der Waals surface area contributed by atoms with Crippen LogP contribution in [0.15, 0.2) is 35.1 Å². The van der Waals surface area contributed by atoms with Gasteiger partial charge in [0.25, 0.3) is 5.56 Å². The van der Waals surface area contributed by atoms with Gasteiger partial charge in [0.1, 0.15) is 17.3 Å². The van der Waals surface area contributed by atoms with Crippen molar-refractivity contribution in [2.75, 3.05) is 30.5 Å². The Kier molecular flexibility index (Phi) is 6.76. The van der Waals surface area contributed by atoms with Crippen molar-refractivity contribution >= 4 is 22.4 Å². The zero-order valence-electron chi connectivity index (χ0n) is 21.4. The standard InChI is InChI=1S/C28H31F2N5O2/c1-33(24-14-26(36)34(2)23-11-6-18(15-31)32-28(23)24)19-7-9-20(10-8-19)35(16-17-4-5-17)21-12-22(29)27(30)25(13-21)37-3/h6,11-14,17,19-20H,4-5,7-10,16H2,1-3H3/t19-,20-. The maximum atomic E-state index is 14.4. The van der Waals surface area contributed by atoms with E-state index in [9.17, 15) is 18.8 Å². The summed E-state index contributed by atoms with van der Waals surface area (Å²) in [5.74, 6) is -1.36. The molecule has 0 N–H and O–H groups in total. The molecule has 0 bridgehead atoms. The van der Waals surface area contributed by atoms with Gasteiger partial charge in [-0.25, -0.2) is 9.37 Å². The van der Waals surface area contributed by atoms with Gasteiger partial charge < -0.3 is 19.1 Å². The van der Waals surface area contributed by atoms with Crippen LogP contribution in [0.1, 0.15) is 44.2 Å². The third-order valence-electron chi connectivity index (χ3n) is 7.90. The van der Waals surface area contributed by atoms with Crippen molar-refractivity contribution in [3.63, 3.8) is 0 Å². The predicted molar refractivity (Wildman–Crippen MR) is 139 cm³/mol. The molecule has 3 aromatic rings. The quantitative estimate of drug-likeness (QED) is 0.459. The largest absolute Gasteiger partial charge is 0.493 e. The van der Waals surface area contributed by atoms with E-state index >= 15 is 0 Å². The lowest BCUT2D eigenvalue weighted by molar-refractivity contribution is 0.359. The minimum absolute atomic E-state index is 0.0778. The van der Waals surface area contributed by atoms with Crippen molar-refractivity contribution < 1.29 is 13.5 Å². The first-order chi connectivity index (χ1) is 17.8. The van der Waals surface area contributed by atoms with Gasteiger partial charge in [0.05, 0.1) is 18.3 Å². The van der Waals surface area contributed by atoms with Crippen LogP contribution in [0.25, 0.3) is 11.0 Å². The Morgan fingerprint density at radius 2 is 1.81 bits per heavy atom. The van der Waals surface area contributed by atoms with E-state index in [0.717, 1.165) is 50.8 Å². The number of aryl methyl sites for hydroxylation is 1. The lowest BCUT2D eigenvalue weighted by Crippen LogP contribution is -2.44. The molecular formula is C28H31F2N5O2. The van der Waals surface area contributed by atoms with E-state index in [2.05, 4.69) is 20.9 Å². The van der Waals surface area contributed by atoms with Crippen LogP contribution in [-0.4, -0.2) is 42.3 Å². The van der Waals surface area contributed by atoms with Crippen LogP contribution < -0.4 is 20.1 Å². The summed E-state index contributed by atoms with van der Waals surface area (Å²) in [7, 11) is 5.03. The van der Waals surface area contributed by atoms with Gasteiger partial charge in [-0.05, 0) is 56.6 Å². The summed E-state index contributed by atoms with van der Waals surface area (Å²) in [6.07, 6.45) is 5.81. The van der Waals surface area contributed by atoms with E-state index in [4.69, 9.17) is 4.74 Å². The molecule has 5 rings (SSSR count). The van der Waals surface area contributed by atoms with Crippen LogP contribution >= 0.6 is 0 Å². The molecule has 9 heteroatoms. The second-order valence-corrected chi connectivity index (χ2v) is 10.2. The number of methoxy groups -OCH3 is 1. The molecule has 2 heterocycles.